The summed E-state index contributed by atoms with van der Waals surface area (Å²) >= 11 is 0. The fraction of sp³-hybridized carbons (Fsp3) is 0.705. The number of phenolic OH excluding ortho intramolecular Hbond substituents is 1. The van der Waals surface area contributed by atoms with Crippen molar-refractivity contribution in [3.63, 3.8) is 0 Å². The van der Waals surface area contributed by atoms with E-state index < -0.39 is 7.81 Å². The number of hydrogen-bond donors (Lipinski definition) is 1. The summed E-state index contributed by atoms with van der Waals surface area (Å²) in [6.45, 7) is 12.9. The van der Waals surface area contributed by atoms with Gasteiger partial charge in [-0.2, -0.15) is 4.57 Å². The molecule has 0 saturated heterocycles. The average Bonchev–Trinajstić information content (AvgIpc) is 3.07. The van der Waals surface area contributed by atoms with Crippen molar-refractivity contribution in [2.24, 2.45) is 0 Å². The first kappa shape index (κ1) is 50.5. The number of carbonyl (C=O) groups is 2. The Kier molecular flexibility index (Phi) is 22.4. The van der Waals surface area contributed by atoms with Gasteiger partial charge in [0.2, 0.25) is 0 Å². The van der Waals surface area contributed by atoms with Crippen LogP contribution in [-0.4, -0.2) is 16.7 Å². The first-order chi connectivity index (χ1) is 25.7. The predicted octanol–water partition coefficient (Wildman–Crippen LogP) is 16.4. The van der Waals surface area contributed by atoms with E-state index in [1.807, 2.05) is 6.07 Å². The number of Topliss-reactive ketones (excluding diaryl/α,β-unsaturated/α-hetero) is 2. The number of benzene rings is 1. The van der Waals surface area contributed by atoms with Gasteiger partial charge in [0, 0.05) is 56.9 Å². The molecule has 4 nitrogen and oxygen atoms in total. The first-order valence-corrected chi connectivity index (χ1v) is 23.2. The number of rotatable bonds is 28. The van der Waals surface area contributed by atoms with Crippen LogP contribution in [0.1, 0.15) is 224 Å². The zero-order valence-electron chi connectivity index (χ0n) is 34.8. The molecular formula is C44H72F6NO3P. The number of nitrogens with zero attached hydrogens (tertiary/aromatic N) is 1. The summed E-state index contributed by atoms with van der Waals surface area (Å²) in [5, 5.41) is 11.1. The van der Waals surface area contributed by atoms with E-state index in [0.29, 0.717) is 18.4 Å². The third-order valence-corrected chi connectivity index (χ3v) is 10.3. The quantitative estimate of drug-likeness (QED) is 0.0306. The Morgan fingerprint density at radius 1 is 0.564 bits per heavy atom. The maximum absolute atomic E-state index is 14.1. The van der Waals surface area contributed by atoms with Crippen LogP contribution in [0.5, 0.6) is 5.75 Å². The van der Waals surface area contributed by atoms with E-state index >= 15 is 0 Å². The van der Waals surface area contributed by atoms with Crippen LogP contribution in [0.25, 0.3) is 0 Å². The number of pyridine rings is 1. The molecule has 1 unspecified atom stereocenters. The molecule has 0 saturated carbocycles. The van der Waals surface area contributed by atoms with Gasteiger partial charge in [-0.1, -0.05) is 142 Å². The standard InChI is InChI=1S/C44H71NO3.F6P/c1-7-9-11-13-15-17-19-21-23-25-27-29-40(46)43-39(38(6)45-36(4)33-35(3)34-37(45)5)31-32-42(48)44(43)41(47)30-28-26-24-22-20-18-16-14-12-10-8-2;1-7(2,3,4,5)6/h31-34,38H,7-30H2,1-6H3;/q;-1/p+1. The molecule has 1 N–H and O–H groups in total. The summed E-state index contributed by atoms with van der Waals surface area (Å²) in [5.74, 6) is -0.153. The molecule has 1 atom stereocenters. The predicted molar refractivity (Wildman–Crippen MR) is 217 cm³/mol. The Morgan fingerprint density at radius 2 is 0.873 bits per heavy atom. The zero-order chi connectivity index (χ0) is 41.6. The molecule has 0 radical (unpaired) electrons. The second-order valence-corrected chi connectivity index (χ2v) is 17.6. The molecule has 1 aromatic heterocycles. The van der Waals surface area contributed by atoms with Crippen molar-refractivity contribution < 1.29 is 44.4 Å². The van der Waals surface area contributed by atoms with Gasteiger partial charge in [0.15, 0.2) is 29.0 Å². The van der Waals surface area contributed by atoms with Gasteiger partial charge in [0.05, 0.1) is 5.56 Å². The van der Waals surface area contributed by atoms with Crippen LogP contribution in [-0.2, 0) is 0 Å². The van der Waals surface area contributed by atoms with Gasteiger partial charge in [-0.15, -0.1) is 0 Å². The minimum absolute atomic E-state index is 0.00558. The van der Waals surface area contributed by atoms with Crippen molar-refractivity contribution in [3.05, 3.63) is 57.9 Å². The van der Waals surface area contributed by atoms with Crippen LogP contribution >= 0.6 is 7.81 Å². The minimum atomic E-state index is -10.7. The monoisotopic (exact) mass is 808 g/mol. The summed E-state index contributed by atoms with van der Waals surface area (Å²) in [5.41, 5.74) is 4.98. The summed E-state index contributed by atoms with van der Waals surface area (Å²) in [6, 6.07) is 7.69. The summed E-state index contributed by atoms with van der Waals surface area (Å²) in [4.78, 5) is 27.8. The molecule has 0 spiro atoms. The summed E-state index contributed by atoms with van der Waals surface area (Å²) in [7, 11) is -10.7. The molecule has 1 aromatic carbocycles. The number of carbonyl (C=O) groups excluding carboxylic acids is 2. The van der Waals surface area contributed by atoms with E-state index in [1.165, 1.54) is 108 Å². The number of aromatic nitrogens is 1. The second-order valence-electron chi connectivity index (χ2n) is 15.7. The van der Waals surface area contributed by atoms with Gasteiger partial charge < -0.3 is 5.11 Å². The third-order valence-electron chi connectivity index (χ3n) is 10.3. The topological polar surface area (TPSA) is 58.2 Å². The molecule has 0 aliphatic rings. The van der Waals surface area contributed by atoms with Gasteiger partial charge in [-0.25, -0.2) is 0 Å². The van der Waals surface area contributed by atoms with E-state index in [-0.39, 0.29) is 28.9 Å². The summed E-state index contributed by atoms with van der Waals surface area (Å²) < 4.78 is 61.4. The number of aryl methyl sites for hydroxylation is 3. The Hall–Kier alpha value is -2.48. The van der Waals surface area contributed by atoms with Crippen LogP contribution < -0.4 is 4.57 Å². The van der Waals surface area contributed by atoms with E-state index in [0.717, 1.165) is 55.5 Å². The van der Waals surface area contributed by atoms with Gasteiger partial charge in [-0.3, -0.25) is 9.59 Å². The van der Waals surface area contributed by atoms with Crippen molar-refractivity contribution >= 4 is 19.4 Å². The Labute approximate surface area is 328 Å². The molecule has 2 rings (SSSR count). The van der Waals surface area contributed by atoms with E-state index in [4.69, 9.17) is 0 Å². The zero-order valence-corrected chi connectivity index (χ0v) is 35.7. The molecule has 2 aromatic rings. The van der Waals surface area contributed by atoms with Crippen molar-refractivity contribution in [2.45, 2.75) is 202 Å². The van der Waals surface area contributed by atoms with Crippen LogP contribution in [0, 0.1) is 20.8 Å². The van der Waals surface area contributed by atoms with Crippen molar-refractivity contribution in [2.75, 3.05) is 0 Å². The number of hydrogen-bond acceptors (Lipinski definition) is 3. The second kappa shape index (κ2) is 24.3. The average molecular weight is 808 g/mol. The van der Waals surface area contributed by atoms with Crippen molar-refractivity contribution in [1.29, 1.82) is 0 Å². The van der Waals surface area contributed by atoms with Gasteiger partial charge >= 0.3 is 33.0 Å². The van der Waals surface area contributed by atoms with Crippen molar-refractivity contribution in [1.82, 2.24) is 0 Å². The molecule has 55 heavy (non-hydrogen) atoms. The van der Waals surface area contributed by atoms with Gasteiger partial charge in [-0.05, 0) is 37.5 Å². The number of unbranched alkanes of at least 4 members (excludes halogenated alkanes) is 20. The normalized spacial score (nSPS) is 13.5. The molecule has 11 heteroatoms. The molecule has 0 bridgehead atoms. The van der Waals surface area contributed by atoms with Gasteiger partial charge in [0.1, 0.15) is 5.75 Å². The Bertz CT molecular complexity index is 1410. The molecule has 0 amide bonds. The Balaban J connectivity index is 0.00000196. The summed E-state index contributed by atoms with van der Waals surface area (Å²) in [6.07, 6.45) is 27.7. The molecule has 1 heterocycles. The number of ketones is 2. The number of phenols is 1. The molecular weight excluding hydrogens is 735 g/mol. The van der Waals surface area contributed by atoms with Crippen LogP contribution in [0.15, 0.2) is 24.3 Å². The van der Waals surface area contributed by atoms with E-state index in [1.54, 1.807) is 6.07 Å². The fourth-order valence-electron chi connectivity index (χ4n) is 7.56. The van der Waals surface area contributed by atoms with Crippen LogP contribution in [0.3, 0.4) is 0 Å². The number of aromatic hydroxyl groups is 1. The van der Waals surface area contributed by atoms with Crippen molar-refractivity contribution in [3.8, 4) is 5.75 Å². The fourth-order valence-corrected chi connectivity index (χ4v) is 7.56. The van der Waals surface area contributed by atoms with E-state index in [2.05, 4.69) is 58.2 Å². The van der Waals surface area contributed by atoms with Crippen LogP contribution in [0.2, 0.25) is 0 Å². The number of halogens is 6. The molecule has 0 aliphatic heterocycles. The SMILES string of the molecule is CCCCCCCCCCCCCC(=O)c1c(O)ccc(C(C)[n+]2c(C)cc(C)cc2C)c1C(=O)CCCCCCCCCCCCC.F[P-](F)(F)(F)(F)F. The third kappa shape index (κ3) is 24.0. The molecule has 318 valence electrons. The molecule has 0 aliphatic carbocycles. The van der Waals surface area contributed by atoms with Gasteiger partial charge in [0.25, 0.3) is 0 Å². The first-order valence-electron chi connectivity index (χ1n) is 21.2. The maximum atomic E-state index is 14.1. The molecule has 0 fully saturated rings. The Morgan fingerprint density at radius 3 is 1.22 bits per heavy atom. The van der Waals surface area contributed by atoms with Crippen LogP contribution in [0.4, 0.5) is 25.2 Å². The van der Waals surface area contributed by atoms with E-state index in [9.17, 15) is 39.9 Å².